The molecule has 0 radical (unpaired) electrons. The van der Waals surface area contributed by atoms with E-state index < -0.39 is 0 Å². The summed E-state index contributed by atoms with van der Waals surface area (Å²) in [6.45, 7) is 15.6. The van der Waals surface area contributed by atoms with Gasteiger partial charge in [0.2, 0.25) is 0 Å². The van der Waals surface area contributed by atoms with Crippen LogP contribution in [-0.4, -0.2) is 60.6 Å². The Hall–Kier alpha value is -0.120. The lowest BCUT2D eigenvalue weighted by atomic mass is 10.0. The molecule has 2 heterocycles. The molecule has 3 nitrogen and oxygen atoms in total. The monoisotopic (exact) mass is 281 g/mol. The maximum absolute atomic E-state index is 3.69. The zero-order valence-electron chi connectivity index (χ0n) is 14.1. The smallest absolute Gasteiger partial charge is 0.0224 e. The molecule has 20 heavy (non-hydrogen) atoms. The van der Waals surface area contributed by atoms with E-state index >= 15 is 0 Å². The number of rotatable bonds is 7. The standard InChI is InChI=1S/C17H35N3/c1-5-7-16(11-18-10-14(2)3)20-13-17-8-6-9-19(17)12-15(20)4/h14-18H,5-13H2,1-4H3. The fraction of sp³-hybridized carbons (Fsp3) is 1.00. The van der Waals surface area contributed by atoms with Gasteiger partial charge in [0.25, 0.3) is 0 Å². The van der Waals surface area contributed by atoms with E-state index in [1.165, 1.54) is 51.9 Å². The Morgan fingerprint density at radius 2 is 2.00 bits per heavy atom. The zero-order chi connectivity index (χ0) is 14.5. The summed E-state index contributed by atoms with van der Waals surface area (Å²) < 4.78 is 0. The molecule has 2 saturated heterocycles. The SMILES string of the molecule is CCCC(CNCC(C)C)N1CC2CCCN2CC1C. The van der Waals surface area contributed by atoms with E-state index in [9.17, 15) is 0 Å². The van der Waals surface area contributed by atoms with Crippen molar-refractivity contribution in [1.82, 2.24) is 15.1 Å². The topological polar surface area (TPSA) is 18.5 Å². The molecular formula is C17H35N3. The lowest BCUT2D eigenvalue weighted by Gasteiger charge is -2.46. The summed E-state index contributed by atoms with van der Waals surface area (Å²) in [6.07, 6.45) is 5.46. The highest BCUT2D eigenvalue weighted by Crippen LogP contribution is 2.26. The van der Waals surface area contributed by atoms with Gasteiger partial charge in [0.15, 0.2) is 0 Å². The lowest BCUT2D eigenvalue weighted by Crippen LogP contribution is -2.59. The average molecular weight is 281 g/mol. The minimum absolute atomic E-state index is 0.724. The molecule has 2 rings (SSSR count). The molecule has 0 aromatic carbocycles. The van der Waals surface area contributed by atoms with Crippen molar-refractivity contribution in [2.24, 2.45) is 5.92 Å². The first kappa shape index (κ1) is 16.3. The van der Waals surface area contributed by atoms with Gasteiger partial charge in [-0.25, -0.2) is 0 Å². The molecule has 3 atom stereocenters. The largest absolute Gasteiger partial charge is 0.315 e. The maximum Gasteiger partial charge on any atom is 0.0224 e. The van der Waals surface area contributed by atoms with Crippen molar-refractivity contribution in [3.05, 3.63) is 0 Å². The highest BCUT2D eigenvalue weighted by molar-refractivity contribution is 4.93. The minimum atomic E-state index is 0.724. The van der Waals surface area contributed by atoms with Gasteiger partial charge in [0.1, 0.15) is 0 Å². The van der Waals surface area contributed by atoms with Crippen molar-refractivity contribution >= 4 is 0 Å². The van der Waals surface area contributed by atoms with Crippen LogP contribution in [-0.2, 0) is 0 Å². The van der Waals surface area contributed by atoms with Gasteiger partial charge in [-0.05, 0) is 45.2 Å². The Labute approximate surface area is 126 Å². The van der Waals surface area contributed by atoms with Crippen LogP contribution in [0.2, 0.25) is 0 Å². The average Bonchev–Trinajstić information content (AvgIpc) is 2.83. The number of hydrogen-bond acceptors (Lipinski definition) is 3. The molecule has 1 N–H and O–H groups in total. The second-order valence-corrected chi connectivity index (χ2v) is 7.33. The third-order valence-electron chi connectivity index (χ3n) is 5.01. The van der Waals surface area contributed by atoms with Crippen LogP contribution in [0.4, 0.5) is 0 Å². The van der Waals surface area contributed by atoms with E-state index in [1.54, 1.807) is 0 Å². The highest BCUT2D eigenvalue weighted by atomic mass is 15.3. The molecule has 3 unspecified atom stereocenters. The van der Waals surface area contributed by atoms with E-state index in [4.69, 9.17) is 0 Å². The molecule has 0 aliphatic carbocycles. The summed E-state index contributed by atoms with van der Waals surface area (Å²) in [5, 5.41) is 3.69. The minimum Gasteiger partial charge on any atom is -0.315 e. The third kappa shape index (κ3) is 4.19. The first-order chi connectivity index (χ1) is 9.61. The van der Waals surface area contributed by atoms with Crippen LogP contribution in [0, 0.1) is 5.92 Å². The molecule has 0 aromatic heterocycles. The Morgan fingerprint density at radius 1 is 1.20 bits per heavy atom. The second kappa shape index (κ2) is 7.77. The molecule has 0 amide bonds. The van der Waals surface area contributed by atoms with Crippen LogP contribution in [0.1, 0.15) is 53.4 Å². The summed E-state index contributed by atoms with van der Waals surface area (Å²) in [5.74, 6) is 0.751. The Balaban J connectivity index is 1.89. The van der Waals surface area contributed by atoms with Crippen molar-refractivity contribution in [3.8, 4) is 0 Å². The van der Waals surface area contributed by atoms with E-state index in [1.807, 2.05) is 0 Å². The number of hydrogen-bond donors (Lipinski definition) is 1. The van der Waals surface area contributed by atoms with Crippen LogP contribution >= 0.6 is 0 Å². The van der Waals surface area contributed by atoms with E-state index in [2.05, 4.69) is 42.8 Å². The van der Waals surface area contributed by atoms with E-state index in [0.717, 1.165) is 30.6 Å². The van der Waals surface area contributed by atoms with Crippen molar-refractivity contribution in [1.29, 1.82) is 0 Å². The summed E-state index contributed by atoms with van der Waals surface area (Å²) in [6, 6.07) is 2.30. The van der Waals surface area contributed by atoms with Crippen molar-refractivity contribution in [3.63, 3.8) is 0 Å². The molecule has 2 aliphatic rings. The van der Waals surface area contributed by atoms with Crippen LogP contribution in [0.25, 0.3) is 0 Å². The Bertz CT molecular complexity index is 279. The van der Waals surface area contributed by atoms with E-state index in [0.29, 0.717) is 0 Å². The number of piperazine rings is 1. The molecule has 118 valence electrons. The van der Waals surface area contributed by atoms with Gasteiger partial charge in [-0.1, -0.05) is 27.2 Å². The van der Waals surface area contributed by atoms with Crippen molar-refractivity contribution in [2.45, 2.75) is 71.5 Å². The molecule has 2 aliphatic heterocycles. The second-order valence-electron chi connectivity index (χ2n) is 7.33. The van der Waals surface area contributed by atoms with Gasteiger partial charge in [0.05, 0.1) is 0 Å². The van der Waals surface area contributed by atoms with E-state index in [-0.39, 0.29) is 0 Å². The van der Waals surface area contributed by atoms with Gasteiger partial charge in [-0.2, -0.15) is 0 Å². The summed E-state index contributed by atoms with van der Waals surface area (Å²) in [5.41, 5.74) is 0. The van der Waals surface area contributed by atoms with Gasteiger partial charge in [-0.15, -0.1) is 0 Å². The third-order valence-corrected chi connectivity index (χ3v) is 5.01. The molecule has 0 bridgehead atoms. The van der Waals surface area contributed by atoms with Crippen LogP contribution in [0.5, 0.6) is 0 Å². The molecule has 0 aromatic rings. The van der Waals surface area contributed by atoms with Gasteiger partial charge < -0.3 is 5.32 Å². The number of nitrogens with one attached hydrogen (secondary N) is 1. The number of nitrogens with zero attached hydrogens (tertiary/aromatic N) is 2. The van der Waals surface area contributed by atoms with Crippen molar-refractivity contribution < 1.29 is 0 Å². The van der Waals surface area contributed by atoms with Crippen LogP contribution in [0.3, 0.4) is 0 Å². The van der Waals surface area contributed by atoms with Gasteiger partial charge in [0, 0.05) is 37.8 Å². The maximum atomic E-state index is 3.69. The molecule has 2 fully saturated rings. The summed E-state index contributed by atoms with van der Waals surface area (Å²) in [4.78, 5) is 5.54. The summed E-state index contributed by atoms with van der Waals surface area (Å²) in [7, 11) is 0. The fourth-order valence-electron chi connectivity index (χ4n) is 3.98. The molecule has 0 spiro atoms. The Morgan fingerprint density at radius 3 is 2.70 bits per heavy atom. The van der Waals surface area contributed by atoms with Gasteiger partial charge >= 0.3 is 0 Å². The first-order valence-electron chi connectivity index (χ1n) is 8.82. The quantitative estimate of drug-likeness (QED) is 0.774. The predicted molar refractivity (Wildman–Crippen MR) is 87.2 cm³/mol. The highest BCUT2D eigenvalue weighted by Gasteiger charge is 2.36. The normalized spacial score (nSPS) is 29.9. The fourth-order valence-corrected chi connectivity index (χ4v) is 3.98. The van der Waals surface area contributed by atoms with Crippen molar-refractivity contribution in [2.75, 3.05) is 32.7 Å². The van der Waals surface area contributed by atoms with Crippen LogP contribution in [0.15, 0.2) is 0 Å². The Kier molecular flexibility index (Phi) is 6.31. The molecular weight excluding hydrogens is 246 g/mol. The molecule has 3 heteroatoms. The lowest BCUT2D eigenvalue weighted by molar-refractivity contribution is 0.0248. The number of fused-ring (bicyclic) bond motifs is 1. The van der Waals surface area contributed by atoms with Crippen LogP contribution < -0.4 is 5.32 Å². The predicted octanol–water partition coefficient (Wildman–Crippen LogP) is 2.57. The zero-order valence-corrected chi connectivity index (χ0v) is 14.1. The molecule has 0 saturated carbocycles. The summed E-state index contributed by atoms with van der Waals surface area (Å²) >= 11 is 0. The van der Waals surface area contributed by atoms with Gasteiger partial charge in [-0.3, -0.25) is 9.80 Å². The first-order valence-corrected chi connectivity index (χ1v) is 8.82.